The van der Waals surface area contributed by atoms with Crippen molar-refractivity contribution in [3.63, 3.8) is 0 Å². The van der Waals surface area contributed by atoms with Crippen LogP contribution in [0.2, 0.25) is 0 Å². The predicted octanol–water partition coefficient (Wildman–Crippen LogP) is 3.92. The van der Waals surface area contributed by atoms with E-state index >= 15 is 0 Å². The second-order valence-electron chi connectivity index (χ2n) is 3.68. The molecule has 2 heterocycles. The first-order chi connectivity index (χ1) is 8.52. The van der Waals surface area contributed by atoms with Crippen LogP contribution in [0.5, 0.6) is 0 Å². The maximum Gasteiger partial charge on any atom is 0.148 e. The first kappa shape index (κ1) is 13.9. The number of halogens is 2. The molecule has 0 unspecified atom stereocenters. The standard InChI is InChI=1S/C11H11Br2N3OS/c1-5-9(7(4-17)10(13)18-5)16-11-8(12)3-14-6(2)15-11/h3,17H,4H2,1-2H3,(H,14,15,16). The summed E-state index contributed by atoms with van der Waals surface area (Å²) in [5, 5.41) is 12.7. The number of thiophene rings is 1. The fourth-order valence-electron chi connectivity index (χ4n) is 1.52. The summed E-state index contributed by atoms with van der Waals surface area (Å²) in [7, 11) is 0. The van der Waals surface area contributed by atoms with E-state index in [-0.39, 0.29) is 6.61 Å². The number of nitrogens with zero attached hydrogens (tertiary/aromatic N) is 2. The maximum absolute atomic E-state index is 9.41. The van der Waals surface area contributed by atoms with Gasteiger partial charge in [0.25, 0.3) is 0 Å². The van der Waals surface area contributed by atoms with Crippen LogP contribution in [0.4, 0.5) is 11.5 Å². The van der Waals surface area contributed by atoms with E-state index < -0.39 is 0 Å². The lowest BCUT2D eigenvalue weighted by Gasteiger charge is -2.09. The number of anilines is 2. The van der Waals surface area contributed by atoms with E-state index in [0.717, 1.165) is 24.4 Å². The Labute approximate surface area is 126 Å². The van der Waals surface area contributed by atoms with Crippen LogP contribution in [0.1, 0.15) is 16.3 Å². The first-order valence-corrected chi connectivity index (χ1v) is 7.58. The molecule has 0 amide bonds. The molecule has 2 aromatic rings. The fraction of sp³-hybridized carbons (Fsp3) is 0.273. The Balaban J connectivity index is 2.42. The normalized spacial score (nSPS) is 10.7. The number of aliphatic hydroxyl groups is 1. The average molecular weight is 393 g/mol. The van der Waals surface area contributed by atoms with Crippen molar-refractivity contribution < 1.29 is 5.11 Å². The smallest absolute Gasteiger partial charge is 0.148 e. The van der Waals surface area contributed by atoms with Crippen molar-refractivity contribution in [2.24, 2.45) is 0 Å². The van der Waals surface area contributed by atoms with E-state index in [0.29, 0.717) is 11.6 Å². The molecule has 0 spiro atoms. The molecule has 0 aromatic carbocycles. The third kappa shape index (κ3) is 2.74. The molecule has 96 valence electrons. The van der Waals surface area contributed by atoms with Crippen molar-refractivity contribution in [2.75, 3.05) is 5.32 Å². The minimum absolute atomic E-state index is 0.0189. The van der Waals surface area contributed by atoms with Gasteiger partial charge < -0.3 is 10.4 Å². The molecule has 0 aliphatic heterocycles. The Bertz CT molecular complexity index is 586. The predicted molar refractivity (Wildman–Crippen MR) is 80.4 cm³/mol. The topological polar surface area (TPSA) is 58.0 Å². The maximum atomic E-state index is 9.41. The second kappa shape index (κ2) is 5.64. The molecule has 2 aromatic heterocycles. The van der Waals surface area contributed by atoms with Crippen molar-refractivity contribution >= 4 is 54.7 Å². The van der Waals surface area contributed by atoms with Gasteiger partial charge in [0.1, 0.15) is 11.6 Å². The van der Waals surface area contributed by atoms with Gasteiger partial charge in [-0.3, -0.25) is 0 Å². The largest absolute Gasteiger partial charge is 0.392 e. The number of hydrogen-bond donors (Lipinski definition) is 2. The Morgan fingerprint density at radius 3 is 2.78 bits per heavy atom. The van der Waals surface area contributed by atoms with E-state index in [2.05, 4.69) is 47.1 Å². The molecule has 0 fully saturated rings. The lowest BCUT2D eigenvalue weighted by Crippen LogP contribution is -2.00. The van der Waals surface area contributed by atoms with Gasteiger partial charge in [-0.2, -0.15) is 0 Å². The summed E-state index contributed by atoms with van der Waals surface area (Å²) in [5.74, 6) is 1.39. The van der Waals surface area contributed by atoms with Crippen molar-refractivity contribution in [1.82, 2.24) is 9.97 Å². The zero-order valence-corrected chi connectivity index (χ0v) is 13.8. The molecule has 2 N–H and O–H groups in total. The second-order valence-corrected chi connectivity index (χ2v) is 7.08. The van der Waals surface area contributed by atoms with E-state index in [4.69, 9.17) is 0 Å². The van der Waals surface area contributed by atoms with Gasteiger partial charge in [-0.05, 0) is 45.7 Å². The molecule has 0 saturated carbocycles. The SMILES string of the molecule is Cc1ncc(Br)c(Nc2c(C)sc(Br)c2CO)n1. The third-order valence-corrected chi connectivity index (χ3v) is 4.88. The summed E-state index contributed by atoms with van der Waals surface area (Å²) < 4.78 is 1.73. The van der Waals surface area contributed by atoms with Gasteiger partial charge in [0.05, 0.1) is 20.6 Å². The Morgan fingerprint density at radius 1 is 1.39 bits per heavy atom. The number of aromatic nitrogens is 2. The van der Waals surface area contributed by atoms with Crippen molar-refractivity contribution in [3.8, 4) is 0 Å². The van der Waals surface area contributed by atoms with Crippen molar-refractivity contribution in [1.29, 1.82) is 0 Å². The van der Waals surface area contributed by atoms with Gasteiger partial charge in [0.2, 0.25) is 0 Å². The molecule has 0 radical (unpaired) electrons. The van der Waals surface area contributed by atoms with E-state index in [1.807, 2.05) is 13.8 Å². The molecule has 0 bridgehead atoms. The van der Waals surface area contributed by atoms with Crippen LogP contribution in [0.15, 0.2) is 14.5 Å². The highest BCUT2D eigenvalue weighted by molar-refractivity contribution is 9.11. The van der Waals surface area contributed by atoms with Crippen LogP contribution >= 0.6 is 43.2 Å². The van der Waals surface area contributed by atoms with Crippen LogP contribution in [-0.4, -0.2) is 15.1 Å². The molecule has 4 nitrogen and oxygen atoms in total. The monoisotopic (exact) mass is 391 g/mol. The molecular weight excluding hydrogens is 382 g/mol. The van der Waals surface area contributed by atoms with E-state index in [1.165, 1.54) is 0 Å². The number of rotatable bonds is 3. The lowest BCUT2D eigenvalue weighted by atomic mass is 10.2. The molecule has 2 rings (SSSR count). The summed E-state index contributed by atoms with van der Waals surface area (Å²) in [6.07, 6.45) is 1.71. The third-order valence-electron chi connectivity index (χ3n) is 2.40. The molecule has 0 saturated heterocycles. The highest BCUT2D eigenvalue weighted by Gasteiger charge is 2.15. The quantitative estimate of drug-likeness (QED) is 0.831. The highest BCUT2D eigenvalue weighted by Crippen LogP contribution is 2.38. The zero-order valence-electron chi connectivity index (χ0n) is 9.79. The van der Waals surface area contributed by atoms with Crippen molar-refractivity contribution in [3.05, 3.63) is 30.7 Å². The van der Waals surface area contributed by atoms with Crippen LogP contribution < -0.4 is 5.32 Å². The van der Waals surface area contributed by atoms with Gasteiger partial charge in [0.15, 0.2) is 0 Å². The lowest BCUT2D eigenvalue weighted by molar-refractivity contribution is 0.282. The Kier molecular flexibility index (Phi) is 4.37. The molecule has 7 heteroatoms. The average Bonchev–Trinajstić information content (AvgIpc) is 2.58. The Hall–Kier alpha value is -0.500. The summed E-state index contributed by atoms with van der Waals surface area (Å²) in [6, 6.07) is 0. The summed E-state index contributed by atoms with van der Waals surface area (Å²) >= 11 is 8.44. The first-order valence-electron chi connectivity index (χ1n) is 5.17. The van der Waals surface area contributed by atoms with E-state index in [9.17, 15) is 5.11 Å². The molecule has 18 heavy (non-hydrogen) atoms. The number of aryl methyl sites for hydroxylation is 2. The van der Waals surface area contributed by atoms with Crippen LogP contribution in [-0.2, 0) is 6.61 Å². The molecular formula is C11H11Br2N3OS. The number of aliphatic hydroxyl groups excluding tert-OH is 1. The van der Waals surface area contributed by atoms with Crippen molar-refractivity contribution in [2.45, 2.75) is 20.5 Å². The van der Waals surface area contributed by atoms with Gasteiger partial charge in [-0.25, -0.2) is 9.97 Å². The van der Waals surface area contributed by atoms with Gasteiger partial charge in [0, 0.05) is 16.6 Å². The minimum Gasteiger partial charge on any atom is -0.392 e. The molecule has 0 aliphatic carbocycles. The Morgan fingerprint density at radius 2 is 2.11 bits per heavy atom. The van der Waals surface area contributed by atoms with Gasteiger partial charge >= 0.3 is 0 Å². The summed E-state index contributed by atoms with van der Waals surface area (Å²) in [5.41, 5.74) is 1.74. The van der Waals surface area contributed by atoms with Gasteiger partial charge in [-0.1, -0.05) is 0 Å². The van der Waals surface area contributed by atoms with E-state index in [1.54, 1.807) is 17.5 Å². The van der Waals surface area contributed by atoms with Gasteiger partial charge in [-0.15, -0.1) is 11.3 Å². The highest BCUT2D eigenvalue weighted by atomic mass is 79.9. The molecule has 0 aliphatic rings. The number of hydrogen-bond acceptors (Lipinski definition) is 5. The zero-order chi connectivity index (χ0) is 13.3. The summed E-state index contributed by atoms with van der Waals surface area (Å²) in [6.45, 7) is 3.81. The van der Waals surface area contributed by atoms with Crippen LogP contribution in [0, 0.1) is 13.8 Å². The van der Waals surface area contributed by atoms with Crippen LogP contribution in [0.3, 0.4) is 0 Å². The van der Waals surface area contributed by atoms with Crippen LogP contribution in [0.25, 0.3) is 0 Å². The molecule has 0 atom stereocenters. The number of nitrogens with one attached hydrogen (secondary N) is 1. The fourth-order valence-corrected chi connectivity index (χ4v) is 3.70. The summed E-state index contributed by atoms with van der Waals surface area (Å²) in [4.78, 5) is 9.52. The minimum atomic E-state index is -0.0189.